The molecule has 0 spiro atoms. The van der Waals surface area contributed by atoms with Crippen molar-refractivity contribution < 1.29 is 14.3 Å². The molecule has 1 amide bonds. The molecule has 0 fully saturated rings. The van der Waals surface area contributed by atoms with Gasteiger partial charge in [-0.1, -0.05) is 30.3 Å². The molecule has 4 N–H and O–H groups in total. The number of hydrogen-bond donors (Lipinski definition) is 3. The second-order valence-electron chi connectivity index (χ2n) is 7.65. The summed E-state index contributed by atoms with van der Waals surface area (Å²) in [7, 11) is 5.44. The normalized spacial score (nSPS) is 11.5. The van der Waals surface area contributed by atoms with Crippen LogP contribution in [0.2, 0.25) is 0 Å². The largest absolute Gasteiger partial charge is 0.461 e. The molecule has 11 nitrogen and oxygen atoms in total. The third kappa shape index (κ3) is 6.64. The van der Waals surface area contributed by atoms with Crippen molar-refractivity contribution >= 4 is 22.9 Å². The lowest BCUT2D eigenvalue weighted by molar-refractivity contribution is -0.116. The summed E-state index contributed by atoms with van der Waals surface area (Å²) in [6.45, 7) is 2.03. The number of hydrogen-bond acceptors (Lipinski definition) is 8. The number of fused-ring (bicyclic) bond motifs is 1. The van der Waals surface area contributed by atoms with Crippen molar-refractivity contribution in [2.75, 3.05) is 46.7 Å². The van der Waals surface area contributed by atoms with Crippen molar-refractivity contribution in [2.24, 2.45) is 0 Å². The molecule has 11 heteroatoms. The van der Waals surface area contributed by atoms with E-state index in [2.05, 4.69) is 20.3 Å². The zero-order chi connectivity index (χ0) is 23.8. The third-order valence-electron chi connectivity index (χ3n) is 4.72. The first kappa shape index (κ1) is 24.0. The molecule has 0 radical (unpaired) electrons. The first-order chi connectivity index (χ1) is 15.9. The molecule has 1 aromatic carbocycles. The molecule has 0 unspecified atom stereocenters. The van der Waals surface area contributed by atoms with Gasteiger partial charge in [-0.15, -0.1) is 0 Å². The van der Waals surface area contributed by atoms with Gasteiger partial charge in [-0.05, 0) is 25.2 Å². The fourth-order valence-electron chi connectivity index (χ4n) is 3.02. The zero-order valence-corrected chi connectivity index (χ0v) is 19.0. The van der Waals surface area contributed by atoms with Crippen LogP contribution in [0.1, 0.15) is 11.1 Å². The van der Waals surface area contributed by atoms with Crippen molar-refractivity contribution in [1.29, 1.82) is 0 Å². The molecule has 176 valence electrons. The second-order valence-corrected chi connectivity index (χ2v) is 7.65. The van der Waals surface area contributed by atoms with E-state index in [9.17, 15) is 9.59 Å². The van der Waals surface area contributed by atoms with Crippen LogP contribution in [-0.4, -0.2) is 71.3 Å². The molecule has 3 rings (SSSR count). The maximum absolute atomic E-state index is 12.5. The number of amides is 1. The van der Waals surface area contributed by atoms with Crippen molar-refractivity contribution in [2.45, 2.75) is 13.1 Å². The number of methoxy groups -OCH3 is 1. The summed E-state index contributed by atoms with van der Waals surface area (Å²) >= 11 is 0. The Kier molecular flexibility index (Phi) is 8.17. The Morgan fingerprint density at radius 2 is 1.94 bits per heavy atom. The zero-order valence-electron chi connectivity index (χ0n) is 19.0. The van der Waals surface area contributed by atoms with Gasteiger partial charge in [0.05, 0.1) is 13.2 Å². The number of benzene rings is 1. The number of nitrogen functional groups attached to an aromatic ring is 1. The summed E-state index contributed by atoms with van der Waals surface area (Å²) in [5.74, 6) is -0.0129. The molecule has 0 aliphatic heterocycles. The number of carbonyl (C=O) groups excluding carboxylic acids is 1. The van der Waals surface area contributed by atoms with Gasteiger partial charge < -0.3 is 30.4 Å². The second kappa shape index (κ2) is 11.2. The van der Waals surface area contributed by atoms with Crippen molar-refractivity contribution in [3.8, 4) is 6.01 Å². The van der Waals surface area contributed by atoms with Gasteiger partial charge in [0.25, 0.3) is 0 Å². The Morgan fingerprint density at radius 3 is 2.64 bits per heavy atom. The first-order valence-corrected chi connectivity index (χ1v) is 10.4. The lowest BCUT2D eigenvalue weighted by atomic mass is 10.1. The van der Waals surface area contributed by atoms with Crippen LogP contribution in [0.25, 0.3) is 11.2 Å². The van der Waals surface area contributed by atoms with Gasteiger partial charge in [0, 0.05) is 26.3 Å². The summed E-state index contributed by atoms with van der Waals surface area (Å²) < 4.78 is 11.9. The number of anilines is 1. The maximum Gasteiger partial charge on any atom is 0.328 e. The maximum atomic E-state index is 12.5. The number of carbonyl (C=O) groups is 1. The first-order valence-electron chi connectivity index (χ1n) is 10.4. The van der Waals surface area contributed by atoms with Crippen LogP contribution < -0.4 is 21.5 Å². The monoisotopic (exact) mass is 455 g/mol. The third-order valence-corrected chi connectivity index (χ3v) is 4.72. The van der Waals surface area contributed by atoms with E-state index < -0.39 is 0 Å². The van der Waals surface area contributed by atoms with Crippen LogP contribution in [0.5, 0.6) is 6.01 Å². The molecule has 0 aliphatic carbocycles. The molecule has 0 bridgehead atoms. The molecule has 0 aliphatic rings. The number of rotatable bonds is 11. The van der Waals surface area contributed by atoms with Crippen LogP contribution in [0.4, 0.5) is 5.82 Å². The number of nitrogens with two attached hydrogens (primary N) is 1. The van der Waals surface area contributed by atoms with Gasteiger partial charge in [0.1, 0.15) is 12.1 Å². The van der Waals surface area contributed by atoms with Gasteiger partial charge in [-0.2, -0.15) is 9.97 Å². The summed E-state index contributed by atoms with van der Waals surface area (Å²) in [6.07, 6.45) is 3.33. The topological polar surface area (TPSA) is 140 Å². The highest BCUT2D eigenvalue weighted by Gasteiger charge is 2.15. The van der Waals surface area contributed by atoms with Gasteiger partial charge in [0.15, 0.2) is 11.5 Å². The number of H-pyrrole nitrogens is 1. The Labute approximate surface area is 191 Å². The SMILES string of the molecule is COCCOc1nc(N)c2[nH]c(=O)n(Cc3ccc(CNC(=O)/C=C/CN(C)C)cc3)c2n1. The van der Waals surface area contributed by atoms with E-state index in [0.717, 1.165) is 11.1 Å². The van der Waals surface area contributed by atoms with E-state index >= 15 is 0 Å². The summed E-state index contributed by atoms with van der Waals surface area (Å²) in [6, 6.07) is 7.68. The quantitative estimate of drug-likeness (QED) is 0.281. The van der Waals surface area contributed by atoms with Crippen LogP contribution in [0.15, 0.2) is 41.2 Å². The van der Waals surface area contributed by atoms with E-state index in [1.807, 2.05) is 49.3 Å². The van der Waals surface area contributed by atoms with Crippen molar-refractivity contribution in [3.63, 3.8) is 0 Å². The number of nitrogens with one attached hydrogen (secondary N) is 2. The average Bonchev–Trinajstić information content (AvgIpc) is 3.09. The Bertz CT molecular complexity index is 1170. The molecule has 2 heterocycles. The number of nitrogens with zero attached hydrogens (tertiary/aromatic N) is 4. The number of aromatic amines is 1. The van der Waals surface area contributed by atoms with Gasteiger partial charge in [-0.3, -0.25) is 9.36 Å². The summed E-state index contributed by atoms with van der Waals surface area (Å²) in [5.41, 5.74) is 8.18. The molecule has 2 aromatic heterocycles. The highest BCUT2D eigenvalue weighted by molar-refractivity contribution is 5.87. The lowest BCUT2D eigenvalue weighted by Crippen LogP contribution is -2.21. The number of likely N-dealkylation sites (N-methyl/N-ethyl adjacent to an activating group) is 1. The highest BCUT2D eigenvalue weighted by atomic mass is 16.5. The molecule has 0 saturated carbocycles. The summed E-state index contributed by atoms with van der Waals surface area (Å²) in [4.78, 5) is 37.5. The Hall–Kier alpha value is -3.70. The fourth-order valence-corrected chi connectivity index (χ4v) is 3.02. The molecule has 3 aromatic rings. The molecule has 0 atom stereocenters. The van der Waals surface area contributed by atoms with Gasteiger partial charge >= 0.3 is 11.7 Å². The Morgan fingerprint density at radius 1 is 1.21 bits per heavy atom. The van der Waals surface area contributed by atoms with Gasteiger partial charge in [-0.25, -0.2) is 4.79 Å². The predicted octanol–water partition coefficient (Wildman–Crippen LogP) is 0.509. The molecular weight excluding hydrogens is 426 g/mol. The van der Waals surface area contributed by atoms with E-state index in [4.69, 9.17) is 15.2 Å². The minimum atomic E-state index is -0.346. The number of ether oxygens (including phenoxy) is 2. The lowest BCUT2D eigenvalue weighted by Gasteiger charge is -2.08. The Balaban J connectivity index is 1.68. The van der Waals surface area contributed by atoms with Crippen molar-refractivity contribution in [3.05, 3.63) is 58.0 Å². The number of imidazole rings is 1. The van der Waals surface area contributed by atoms with E-state index in [0.29, 0.717) is 30.9 Å². The molecule has 33 heavy (non-hydrogen) atoms. The fraction of sp³-hybridized carbons (Fsp3) is 0.364. The molecule has 0 saturated heterocycles. The smallest absolute Gasteiger partial charge is 0.328 e. The van der Waals surface area contributed by atoms with Crippen LogP contribution in [0, 0.1) is 0 Å². The predicted molar refractivity (Wildman–Crippen MR) is 125 cm³/mol. The van der Waals surface area contributed by atoms with Gasteiger partial charge in [0.2, 0.25) is 5.91 Å². The van der Waals surface area contributed by atoms with Crippen molar-refractivity contribution in [1.82, 2.24) is 29.7 Å². The number of aromatic nitrogens is 4. The summed E-state index contributed by atoms with van der Waals surface area (Å²) in [5, 5.41) is 2.85. The minimum absolute atomic E-state index is 0.0792. The highest BCUT2D eigenvalue weighted by Crippen LogP contribution is 2.18. The molecular formula is C22H29N7O4. The average molecular weight is 456 g/mol. The van der Waals surface area contributed by atoms with Crippen LogP contribution in [-0.2, 0) is 22.6 Å². The standard InChI is InChI=1S/C22H29N7O4/c1-28(2)10-4-5-17(30)24-13-15-6-8-16(9-7-15)14-29-20-18(25-22(29)31)19(23)26-21(27-20)33-12-11-32-3/h4-9H,10-14H2,1-3H3,(H,24,30)(H,25,31)(H2,23,26,27)/b5-4+. The van der Waals surface area contributed by atoms with E-state index in [1.165, 1.54) is 10.6 Å². The van der Waals surface area contributed by atoms with E-state index in [1.54, 1.807) is 7.11 Å². The minimum Gasteiger partial charge on any atom is -0.461 e. The van der Waals surface area contributed by atoms with E-state index in [-0.39, 0.29) is 36.6 Å². The van der Waals surface area contributed by atoms with Crippen LogP contribution in [0.3, 0.4) is 0 Å². The van der Waals surface area contributed by atoms with Crippen LogP contribution >= 0.6 is 0 Å².